The zero-order valence-corrected chi connectivity index (χ0v) is 10.5. The molecule has 1 aromatic rings. The highest BCUT2D eigenvalue weighted by molar-refractivity contribution is 5.33. The highest BCUT2D eigenvalue weighted by Gasteiger charge is 2.01. The molecule has 0 saturated heterocycles. The fourth-order valence-electron chi connectivity index (χ4n) is 1.63. The number of rotatable bonds is 8. The minimum atomic E-state index is 0.326. The zero-order valence-electron chi connectivity index (χ0n) is 10.5. The molecule has 0 atom stereocenters. The van der Waals surface area contributed by atoms with Gasteiger partial charge in [-0.25, -0.2) is 0 Å². The maximum atomic E-state index is 5.49. The van der Waals surface area contributed by atoms with Gasteiger partial charge in [-0.05, 0) is 19.0 Å². The van der Waals surface area contributed by atoms with Gasteiger partial charge in [-0.3, -0.25) is 0 Å². The molecule has 0 aliphatic heterocycles. The first-order chi connectivity index (χ1) is 8.38. The van der Waals surface area contributed by atoms with E-state index in [0.29, 0.717) is 6.61 Å². The molecule has 1 aromatic carbocycles. The molecule has 17 heavy (non-hydrogen) atoms. The van der Waals surface area contributed by atoms with Crippen molar-refractivity contribution in [1.29, 1.82) is 0 Å². The summed E-state index contributed by atoms with van der Waals surface area (Å²) in [7, 11) is 0. The molecule has 0 aliphatic carbocycles. The molecule has 2 heteroatoms. The quantitative estimate of drug-likeness (QED) is 0.548. The molecule has 1 rings (SSSR count). The number of unbranched alkanes of at least 4 members (excludes halogenated alkanes) is 2. The van der Waals surface area contributed by atoms with Gasteiger partial charge >= 0.3 is 0 Å². The van der Waals surface area contributed by atoms with Crippen molar-refractivity contribution in [3.05, 3.63) is 29.8 Å². The number of terminal acetylenes is 1. The van der Waals surface area contributed by atoms with E-state index in [0.717, 1.165) is 18.8 Å². The van der Waals surface area contributed by atoms with E-state index in [1.165, 1.54) is 24.8 Å². The van der Waals surface area contributed by atoms with Crippen molar-refractivity contribution in [3.63, 3.8) is 0 Å². The Labute approximate surface area is 104 Å². The average molecular weight is 231 g/mol. The van der Waals surface area contributed by atoms with Crippen LogP contribution in [0.15, 0.2) is 24.3 Å². The highest BCUT2D eigenvalue weighted by atomic mass is 16.5. The van der Waals surface area contributed by atoms with Crippen LogP contribution in [0.5, 0.6) is 5.75 Å². The summed E-state index contributed by atoms with van der Waals surface area (Å²) in [5.74, 6) is 3.37. The molecule has 0 radical (unpaired) electrons. The van der Waals surface area contributed by atoms with Gasteiger partial charge in [0.15, 0.2) is 0 Å². The third-order valence-corrected chi connectivity index (χ3v) is 2.56. The summed E-state index contributed by atoms with van der Waals surface area (Å²) in [6.07, 6.45) is 8.95. The van der Waals surface area contributed by atoms with Crippen LogP contribution >= 0.6 is 0 Å². The predicted octanol–water partition coefficient (Wildman–Crippen LogP) is 2.98. The Morgan fingerprint density at radius 1 is 1.29 bits per heavy atom. The average Bonchev–Trinajstić information content (AvgIpc) is 2.37. The Kier molecular flexibility index (Phi) is 6.93. The summed E-state index contributed by atoms with van der Waals surface area (Å²) < 4.78 is 5.49. The predicted molar refractivity (Wildman–Crippen MR) is 72.0 cm³/mol. The standard InChI is InChI=1S/C15H21NO/c1-3-5-8-11-16-13-14-9-6-7-10-15(14)17-12-4-2/h2,6-7,9-10,16H,3,5,8,11-13H2,1H3. The van der Waals surface area contributed by atoms with Crippen molar-refractivity contribution in [3.8, 4) is 18.1 Å². The van der Waals surface area contributed by atoms with E-state index in [9.17, 15) is 0 Å². The van der Waals surface area contributed by atoms with Gasteiger partial charge in [0.1, 0.15) is 12.4 Å². The lowest BCUT2D eigenvalue weighted by Gasteiger charge is -2.10. The van der Waals surface area contributed by atoms with Crippen molar-refractivity contribution >= 4 is 0 Å². The third-order valence-electron chi connectivity index (χ3n) is 2.56. The van der Waals surface area contributed by atoms with Gasteiger partial charge in [0.25, 0.3) is 0 Å². The molecule has 0 bridgehead atoms. The molecule has 0 heterocycles. The van der Waals surface area contributed by atoms with Crippen molar-refractivity contribution in [2.75, 3.05) is 13.2 Å². The lowest BCUT2D eigenvalue weighted by atomic mass is 10.2. The Hall–Kier alpha value is -1.46. The fourth-order valence-corrected chi connectivity index (χ4v) is 1.63. The van der Waals surface area contributed by atoms with Crippen LogP contribution in [-0.4, -0.2) is 13.2 Å². The number of ether oxygens (including phenoxy) is 1. The lowest BCUT2D eigenvalue weighted by molar-refractivity contribution is 0.364. The summed E-state index contributed by atoms with van der Waals surface area (Å²) in [5.41, 5.74) is 1.17. The second-order valence-corrected chi connectivity index (χ2v) is 3.98. The number of hydrogen-bond acceptors (Lipinski definition) is 2. The molecule has 0 spiro atoms. The van der Waals surface area contributed by atoms with Gasteiger partial charge in [-0.2, -0.15) is 0 Å². The zero-order chi connectivity index (χ0) is 12.3. The van der Waals surface area contributed by atoms with E-state index >= 15 is 0 Å². The van der Waals surface area contributed by atoms with E-state index in [4.69, 9.17) is 11.2 Å². The Bertz CT molecular complexity index is 354. The Morgan fingerprint density at radius 2 is 2.12 bits per heavy atom. The van der Waals surface area contributed by atoms with E-state index in [1.54, 1.807) is 0 Å². The smallest absolute Gasteiger partial charge is 0.148 e. The van der Waals surface area contributed by atoms with E-state index in [1.807, 2.05) is 18.2 Å². The summed E-state index contributed by atoms with van der Waals surface area (Å²) in [5, 5.41) is 3.42. The van der Waals surface area contributed by atoms with Gasteiger partial charge in [0.2, 0.25) is 0 Å². The van der Waals surface area contributed by atoms with Crippen LogP contribution in [0.2, 0.25) is 0 Å². The first-order valence-electron chi connectivity index (χ1n) is 6.23. The lowest BCUT2D eigenvalue weighted by Crippen LogP contribution is -2.15. The molecule has 0 amide bonds. The molecular weight excluding hydrogens is 210 g/mol. The topological polar surface area (TPSA) is 21.3 Å². The van der Waals surface area contributed by atoms with Crippen molar-refractivity contribution in [2.24, 2.45) is 0 Å². The molecule has 0 aromatic heterocycles. The summed E-state index contributed by atoms with van der Waals surface area (Å²) >= 11 is 0. The van der Waals surface area contributed by atoms with E-state index in [2.05, 4.69) is 24.2 Å². The molecule has 1 N–H and O–H groups in total. The summed E-state index contributed by atoms with van der Waals surface area (Å²) in [4.78, 5) is 0. The second kappa shape index (κ2) is 8.66. The van der Waals surface area contributed by atoms with E-state index in [-0.39, 0.29) is 0 Å². The van der Waals surface area contributed by atoms with Crippen molar-refractivity contribution in [2.45, 2.75) is 32.7 Å². The van der Waals surface area contributed by atoms with Gasteiger partial charge < -0.3 is 10.1 Å². The van der Waals surface area contributed by atoms with Gasteiger partial charge in [0, 0.05) is 12.1 Å². The third kappa shape index (κ3) is 5.42. The minimum Gasteiger partial charge on any atom is -0.481 e. The van der Waals surface area contributed by atoms with Crippen LogP contribution in [0, 0.1) is 12.3 Å². The van der Waals surface area contributed by atoms with Crippen LogP contribution in [0.1, 0.15) is 31.7 Å². The molecular formula is C15H21NO. The summed E-state index contributed by atoms with van der Waals surface area (Å²) in [6, 6.07) is 8.01. The summed E-state index contributed by atoms with van der Waals surface area (Å²) in [6.45, 7) is 4.43. The maximum Gasteiger partial charge on any atom is 0.148 e. The van der Waals surface area contributed by atoms with Crippen LogP contribution in [0.3, 0.4) is 0 Å². The van der Waals surface area contributed by atoms with E-state index < -0.39 is 0 Å². The molecule has 0 saturated carbocycles. The van der Waals surface area contributed by atoms with Gasteiger partial charge in [0.05, 0.1) is 0 Å². The SMILES string of the molecule is C#CCOc1ccccc1CNCCCCC. The number of para-hydroxylation sites is 1. The molecule has 0 aliphatic rings. The number of hydrogen-bond donors (Lipinski definition) is 1. The normalized spacial score (nSPS) is 9.88. The second-order valence-electron chi connectivity index (χ2n) is 3.98. The van der Waals surface area contributed by atoms with Crippen LogP contribution in [0.4, 0.5) is 0 Å². The fraction of sp³-hybridized carbons (Fsp3) is 0.467. The molecule has 92 valence electrons. The molecule has 2 nitrogen and oxygen atoms in total. The van der Waals surface area contributed by atoms with Gasteiger partial charge in [-0.15, -0.1) is 6.42 Å². The van der Waals surface area contributed by atoms with Crippen LogP contribution in [-0.2, 0) is 6.54 Å². The van der Waals surface area contributed by atoms with Gasteiger partial charge in [-0.1, -0.05) is 43.9 Å². The van der Waals surface area contributed by atoms with Crippen LogP contribution < -0.4 is 10.1 Å². The number of nitrogens with one attached hydrogen (secondary N) is 1. The molecule has 0 fully saturated rings. The minimum absolute atomic E-state index is 0.326. The highest BCUT2D eigenvalue weighted by Crippen LogP contribution is 2.17. The maximum absolute atomic E-state index is 5.49. The Morgan fingerprint density at radius 3 is 2.88 bits per heavy atom. The Balaban J connectivity index is 2.38. The largest absolute Gasteiger partial charge is 0.481 e. The first-order valence-corrected chi connectivity index (χ1v) is 6.23. The monoisotopic (exact) mass is 231 g/mol. The number of benzene rings is 1. The molecule has 0 unspecified atom stereocenters. The first kappa shape index (κ1) is 13.6. The van der Waals surface area contributed by atoms with Crippen LogP contribution in [0.25, 0.3) is 0 Å². The van der Waals surface area contributed by atoms with Crippen molar-refractivity contribution in [1.82, 2.24) is 5.32 Å². The van der Waals surface area contributed by atoms with Crippen molar-refractivity contribution < 1.29 is 4.74 Å².